The van der Waals surface area contributed by atoms with Crippen LogP contribution in [0.3, 0.4) is 0 Å². The SMILES string of the molecule is C[C@]12[C@H]3[C@@H]4C[C@H]5[C@H]3C(=O)[C@H]1[C@H]5[C@H]4[C@H]2Cl. The van der Waals surface area contributed by atoms with E-state index in [2.05, 4.69) is 6.92 Å². The van der Waals surface area contributed by atoms with E-state index >= 15 is 0 Å². The summed E-state index contributed by atoms with van der Waals surface area (Å²) in [5.41, 5.74) is 0.219. The molecular formula is C12H13ClO. The first-order chi connectivity index (χ1) is 6.67. The summed E-state index contributed by atoms with van der Waals surface area (Å²) < 4.78 is 0. The number of hydrogen-bond acceptors (Lipinski definition) is 1. The van der Waals surface area contributed by atoms with Gasteiger partial charge in [0, 0.05) is 17.2 Å². The topological polar surface area (TPSA) is 17.1 Å². The molecule has 0 amide bonds. The molecule has 0 saturated heterocycles. The fraction of sp³-hybridized carbons (Fsp3) is 0.917. The molecule has 1 nitrogen and oxygen atoms in total. The number of halogens is 1. The van der Waals surface area contributed by atoms with Crippen molar-refractivity contribution < 1.29 is 4.79 Å². The van der Waals surface area contributed by atoms with Gasteiger partial charge in [0.2, 0.25) is 0 Å². The van der Waals surface area contributed by atoms with Gasteiger partial charge in [-0.3, -0.25) is 4.79 Å². The van der Waals surface area contributed by atoms with E-state index < -0.39 is 0 Å². The van der Waals surface area contributed by atoms with Crippen molar-refractivity contribution in [2.45, 2.75) is 18.7 Å². The molecule has 14 heavy (non-hydrogen) atoms. The van der Waals surface area contributed by atoms with E-state index in [-0.39, 0.29) is 5.41 Å². The van der Waals surface area contributed by atoms with Crippen LogP contribution in [-0.4, -0.2) is 11.2 Å². The van der Waals surface area contributed by atoms with Crippen LogP contribution in [-0.2, 0) is 4.79 Å². The van der Waals surface area contributed by atoms with Crippen LogP contribution < -0.4 is 0 Å². The molecule has 0 unspecified atom stereocenters. The molecule has 0 spiro atoms. The van der Waals surface area contributed by atoms with Gasteiger partial charge in [0.05, 0.1) is 0 Å². The Morgan fingerprint density at radius 3 is 2.86 bits per heavy atom. The quantitative estimate of drug-likeness (QED) is 0.556. The summed E-state index contributed by atoms with van der Waals surface area (Å²) in [5.74, 6) is 5.20. The lowest BCUT2D eigenvalue weighted by Gasteiger charge is -2.38. The Balaban J connectivity index is 1.92. The predicted octanol–water partition coefficient (Wildman–Crippen LogP) is 1.94. The summed E-state index contributed by atoms with van der Waals surface area (Å²) in [4.78, 5) is 12.2. The third-order valence-electron chi connectivity index (χ3n) is 6.63. The summed E-state index contributed by atoms with van der Waals surface area (Å²) in [7, 11) is 0. The Bertz CT molecular complexity index is 390. The Morgan fingerprint density at radius 2 is 2.14 bits per heavy atom. The Labute approximate surface area is 88.2 Å². The Morgan fingerprint density at radius 1 is 1.36 bits per heavy atom. The van der Waals surface area contributed by atoms with E-state index in [1.54, 1.807) is 0 Å². The first-order valence-electron chi connectivity index (χ1n) is 5.85. The molecule has 0 aromatic heterocycles. The average molecular weight is 209 g/mol. The highest BCUT2D eigenvalue weighted by molar-refractivity contribution is 6.22. The van der Waals surface area contributed by atoms with Gasteiger partial charge < -0.3 is 0 Å². The van der Waals surface area contributed by atoms with E-state index in [4.69, 9.17) is 11.6 Å². The van der Waals surface area contributed by atoms with Gasteiger partial charge in [0.25, 0.3) is 0 Å². The lowest BCUT2D eigenvalue weighted by Crippen LogP contribution is -2.37. The van der Waals surface area contributed by atoms with Crippen LogP contribution in [0, 0.1) is 46.8 Å². The van der Waals surface area contributed by atoms with Crippen LogP contribution in [0.5, 0.6) is 0 Å². The van der Waals surface area contributed by atoms with Crippen molar-refractivity contribution in [2.24, 2.45) is 46.8 Å². The molecule has 6 rings (SSSR count). The summed E-state index contributed by atoms with van der Waals surface area (Å²) in [6, 6.07) is 0. The highest BCUT2D eigenvalue weighted by Crippen LogP contribution is 2.86. The smallest absolute Gasteiger partial charge is 0.140 e. The van der Waals surface area contributed by atoms with Crippen LogP contribution in [0.25, 0.3) is 0 Å². The van der Waals surface area contributed by atoms with Gasteiger partial charge in [-0.1, -0.05) is 6.92 Å². The lowest BCUT2D eigenvalue weighted by atomic mass is 9.64. The number of carbonyl (C=O) groups is 1. The number of rotatable bonds is 0. The van der Waals surface area contributed by atoms with Crippen molar-refractivity contribution in [2.75, 3.05) is 0 Å². The Kier molecular flexibility index (Phi) is 0.835. The predicted molar refractivity (Wildman–Crippen MR) is 51.8 cm³/mol. The fourth-order valence-electron chi connectivity index (χ4n) is 6.72. The summed E-state index contributed by atoms with van der Waals surface area (Å²) >= 11 is 6.60. The maximum atomic E-state index is 12.2. The molecule has 6 saturated carbocycles. The lowest BCUT2D eigenvalue weighted by molar-refractivity contribution is -0.122. The van der Waals surface area contributed by atoms with E-state index in [1.807, 2.05) is 0 Å². The third-order valence-corrected chi connectivity index (χ3v) is 7.39. The first-order valence-corrected chi connectivity index (χ1v) is 6.29. The minimum absolute atomic E-state index is 0.219. The van der Waals surface area contributed by atoms with Crippen LogP contribution in [0.4, 0.5) is 0 Å². The number of hydrogen-bond donors (Lipinski definition) is 0. The maximum absolute atomic E-state index is 12.2. The second-order valence-electron chi connectivity index (χ2n) is 6.42. The van der Waals surface area contributed by atoms with Gasteiger partial charge in [-0.05, 0) is 41.4 Å². The number of Topliss-reactive ketones (excluding diaryl/α,β-unsaturated/α-hetero) is 1. The number of carbonyl (C=O) groups excluding carboxylic acids is 1. The second kappa shape index (κ2) is 1.61. The van der Waals surface area contributed by atoms with Gasteiger partial charge in [-0.25, -0.2) is 0 Å². The highest BCUT2D eigenvalue weighted by atomic mass is 35.5. The van der Waals surface area contributed by atoms with Gasteiger partial charge in [0.15, 0.2) is 0 Å². The van der Waals surface area contributed by atoms with Crippen molar-refractivity contribution in [1.82, 2.24) is 0 Å². The summed E-state index contributed by atoms with van der Waals surface area (Å²) in [5, 5.41) is 0.328. The normalized spacial score (nSPS) is 80.3. The molecule has 74 valence electrons. The molecule has 9 atom stereocenters. The molecule has 0 radical (unpaired) electrons. The molecular weight excluding hydrogens is 196 g/mol. The minimum Gasteiger partial charge on any atom is -0.299 e. The van der Waals surface area contributed by atoms with Gasteiger partial charge in [-0.15, -0.1) is 11.6 Å². The fourth-order valence-corrected chi connectivity index (χ4v) is 7.35. The van der Waals surface area contributed by atoms with Gasteiger partial charge in [-0.2, -0.15) is 0 Å². The van der Waals surface area contributed by atoms with Crippen molar-refractivity contribution >= 4 is 17.4 Å². The van der Waals surface area contributed by atoms with Crippen molar-refractivity contribution in [1.29, 1.82) is 0 Å². The monoisotopic (exact) mass is 208 g/mol. The van der Waals surface area contributed by atoms with E-state index in [0.29, 0.717) is 28.9 Å². The molecule has 6 aliphatic rings. The maximum Gasteiger partial charge on any atom is 0.140 e. The van der Waals surface area contributed by atoms with Crippen LogP contribution >= 0.6 is 11.6 Å². The molecule has 0 aromatic carbocycles. The number of alkyl halides is 1. The van der Waals surface area contributed by atoms with Crippen LogP contribution in [0.2, 0.25) is 0 Å². The number of ketones is 1. The van der Waals surface area contributed by atoms with Crippen LogP contribution in [0.1, 0.15) is 13.3 Å². The molecule has 6 bridgehead atoms. The molecule has 0 N–H and O–H groups in total. The zero-order valence-corrected chi connectivity index (χ0v) is 8.87. The largest absolute Gasteiger partial charge is 0.299 e. The second-order valence-corrected chi connectivity index (χ2v) is 6.89. The molecule has 0 aromatic rings. The highest BCUT2D eigenvalue weighted by Gasteiger charge is 2.87. The van der Waals surface area contributed by atoms with Gasteiger partial charge in [0.1, 0.15) is 5.78 Å². The summed E-state index contributed by atoms with van der Waals surface area (Å²) in [6.45, 7) is 2.31. The van der Waals surface area contributed by atoms with Crippen molar-refractivity contribution in [3.8, 4) is 0 Å². The summed E-state index contributed by atoms with van der Waals surface area (Å²) in [6.07, 6.45) is 1.34. The van der Waals surface area contributed by atoms with E-state index in [1.165, 1.54) is 6.42 Å². The van der Waals surface area contributed by atoms with Crippen molar-refractivity contribution in [3.05, 3.63) is 0 Å². The molecule has 2 heteroatoms. The standard InChI is InChI=1S/C12H13ClO/c1-12-8-4-2-3-5(6(4)11(12)13)9(12)10(14)7(3)8/h3-9,11H,2H2,1H3/t3-,4-,5-,6+,7-,8+,9-,11-,12+/m1/s1. The first kappa shape index (κ1) is 7.27. The van der Waals surface area contributed by atoms with E-state index in [0.717, 1.165) is 23.7 Å². The molecule has 0 aliphatic heterocycles. The zero-order valence-electron chi connectivity index (χ0n) is 8.11. The molecule has 6 fully saturated rings. The Hall–Kier alpha value is -0.0400. The van der Waals surface area contributed by atoms with Crippen LogP contribution in [0.15, 0.2) is 0 Å². The minimum atomic E-state index is 0.219. The third kappa shape index (κ3) is 0.374. The zero-order chi connectivity index (χ0) is 9.40. The average Bonchev–Trinajstić information content (AvgIpc) is 2.81. The van der Waals surface area contributed by atoms with Crippen molar-refractivity contribution in [3.63, 3.8) is 0 Å². The molecule has 0 heterocycles. The van der Waals surface area contributed by atoms with E-state index in [9.17, 15) is 4.79 Å². The van der Waals surface area contributed by atoms with Gasteiger partial charge >= 0.3 is 0 Å². The molecule has 6 aliphatic carbocycles.